The third kappa shape index (κ3) is 4.68. The average Bonchev–Trinajstić information content (AvgIpc) is 2.91. The maximum absolute atomic E-state index is 8.99. The Labute approximate surface area is 173 Å². The van der Waals surface area contributed by atoms with Crippen LogP contribution in [-0.2, 0) is 6.42 Å². The molecule has 0 spiro atoms. The molecule has 0 saturated carbocycles. The predicted octanol–water partition coefficient (Wildman–Crippen LogP) is 6.69. The molecule has 0 fully saturated rings. The van der Waals surface area contributed by atoms with Crippen molar-refractivity contribution in [1.82, 2.24) is 9.78 Å². The van der Waals surface area contributed by atoms with Crippen LogP contribution in [0.4, 0.5) is 0 Å². The molecule has 138 valence electrons. The normalized spacial score (nSPS) is 11.0. The number of aryl methyl sites for hydroxylation is 1. The van der Waals surface area contributed by atoms with E-state index < -0.39 is 0 Å². The van der Waals surface area contributed by atoms with Gasteiger partial charge in [0, 0.05) is 33.0 Å². The van der Waals surface area contributed by atoms with Crippen molar-refractivity contribution in [3.05, 3.63) is 74.9 Å². The Morgan fingerprint density at radius 2 is 1.74 bits per heavy atom. The summed E-state index contributed by atoms with van der Waals surface area (Å²) in [6.45, 7) is 6.27. The minimum Gasteiger partial charge on any atom is -0.256 e. The molecule has 0 aliphatic carbocycles. The quantitative estimate of drug-likeness (QED) is 0.465. The molecule has 6 heteroatoms. The van der Waals surface area contributed by atoms with Gasteiger partial charge in [0.25, 0.3) is 0 Å². The van der Waals surface area contributed by atoms with Crippen LogP contribution in [0.25, 0.3) is 0 Å². The molecule has 0 N–H and O–H groups in total. The molecule has 0 amide bonds. The van der Waals surface area contributed by atoms with Gasteiger partial charge in [-0.25, -0.2) is 0 Å². The van der Waals surface area contributed by atoms with Crippen molar-refractivity contribution < 1.29 is 0 Å². The fourth-order valence-electron chi connectivity index (χ4n) is 2.82. The van der Waals surface area contributed by atoms with Crippen molar-refractivity contribution in [2.75, 3.05) is 0 Å². The summed E-state index contributed by atoms with van der Waals surface area (Å²) < 4.78 is 2.05. The number of nitriles is 1. The van der Waals surface area contributed by atoms with Crippen molar-refractivity contribution in [3.8, 4) is 6.07 Å². The summed E-state index contributed by atoms with van der Waals surface area (Å²) >= 11 is 14.0. The van der Waals surface area contributed by atoms with Gasteiger partial charge >= 0.3 is 0 Å². The van der Waals surface area contributed by atoms with E-state index in [1.54, 1.807) is 17.8 Å². The second-order valence-corrected chi connectivity index (χ2v) is 8.54. The van der Waals surface area contributed by atoms with Crippen molar-refractivity contribution >= 4 is 35.0 Å². The van der Waals surface area contributed by atoms with Crippen molar-refractivity contribution in [3.63, 3.8) is 0 Å². The molecule has 1 heterocycles. The molecule has 3 rings (SSSR count). The first-order valence-corrected chi connectivity index (χ1v) is 10.2. The van der Waals surface area contributed by atoms with Gasteiger partial charge in [0.1, 0.15) is 5.03 Å². The Hall–Kier alpha value is -1.93. The Bertz CT molecular complexity index is 981. The first-order chi connectivity index (χ1) is 12.9. The summed E-state index contributed by atoms with van der Waals surface area (Å²) in [6, 6.07) is 15.6. The molecule has 2 aromatic carbocycles. The van der Waals surface area contributed by atoms with Gasteiger partial charge in [-0.1, -0.05) is 47.1 Å². The van der Waals surface area contributed by atoms with Gasteiger partial charge in [-0.2, -0.15) is 10.4 Å². The topological polar surface area (TPSA) is 41.6 Å². The van der Waals surface area contributed by atoms with Gasteiger partial charge in [0.2, 0.25) is 0 Å². The first-order valence-electron chi connectivity index (χ1n) is 8.58. The number of nitrogens with zero attached hydrogens (tertiary/aromatic N) is 3. The number of rotatable bonds is 5. The molecule has 0 atom stereocenters. The monoisotopic (exact) mass is 415 g/mol. The summed E-state index contributed by atoms with van der Waals surface area (Å²) in [4.78, 5) is 0.982. The zero-order valence-electron chi connectivity index (χ0n) is 15.3. The van der Waals surface area contributed by atoms with Crippen LogP contribution in [0.2, 0.25) is 10.0 Å². The van der Waals surface area contributed by atoms with Crippen molar-refractivity contribution in [2.45, 2.75) is 43.2 Å². The fourth-order valence-corrected chi connectivity index (χ4v) is 4.76. The van der Waals surface area contributed by atoms with E-state index >= 15 is 0 Å². The van der Waals surface area contributed by atoms with E-state index in [9.17, 15) is 0 Å². The minimum atomic E-state index is 0.232. The highest BCUT2D eigenvalue weighted by atomic mass is 35.5. The smallest absolute Gasteiger partial charge is 0.103 e. The molecular weight excluding hydrogens is 397 g/mol. The van der Waals surface area contributed by atoms with E-state index in [0.29, 0.717) is 15.6 Å². The Morgan fingerprint density at radius 3 is 2.30 bits per heavy atom. The lowest BCUT2D eigenvalue weighted by molar-refractivity contribution is 0.489. The lowest BCUT2D eigenvalue weighted by Gasteiger charge is -2.13. The maximum atomic E-state index is 8.99. The molecule has 0 aliphatic rings. The van der Waals surface area contributed by atoms with Crippen molar-refractivity contribution in [1.29, 1.82) is 5.26 Å². The maximum Gasteiger partial charge on any atom is 0.103 e. The van der Waals surface area contributed by atoms with E-state index in [0.717, 1.165) is 27.6 Å². The highest BCUT2D eigenvalue weighted by Gasteiger charge is 2.19. The van der Waals surface area contributed by atoms with Crippen molar-refractivity contribution in [2.24, 2.45) is 0 Å². The van der Waals surface area contributed by atoms with Gasteiger partial charge in [0.05, 0.1) is 17.3 Å². The number of hydrogen-bond acceptors (Lipinski definition) is 3. The SMILES string of the molecule is Cc1nn(C(C)C)c(Sc2cc(Cl)cc(Cl)c2)c1Cc1ccc(C#N)cc1. The molecule has 3 nitrogen and oxygen atoms in total. The van der Waals surface area contributed by atoms with Crippen LogP contribution in [0.1, 0.15) is 42.3 Å². The fraction of sp³-hybridized carbons (Fsp3) is 0.238. The summed E-state index contributed by atoms with van der Waals surface area (Å²) in [5.41, 5.74) is 3.99. The summed E-state index contributed by atoms with van der Waals surface area (Å²) in [5.74, 6) is 0. The third-order valence-corrected chi connectivity index (χ3v) is 5.70. The molecule has 0 bridgehead atoms. The molecule has 0 radical (unpaired) electrons. The zero-order chi connectivity index (χ0) is 19.6. The number of aromatic nitrogens is 2. The largest absolute Gasteiger partial charge is 0.256 e. The van der Waals surface area contributed by atoms with Gasteiger partial charge in [-0.3, -0.25) is 4.68 Å². The highest BCUT2D eigenvalue weighted by molar-refractivity contribution is 7.99. The number of benzene rings is 2. The molecular formula is C21H19Cl2N3S. The molecule has 1 aromatic heterocycles. The van der Waals surface area contributed by atoms with Gasteiger partial charge in [-0.05, 0) is 56.7 Å². The minimum absolute atomic E-state index is 0.232. The van der Waals surface area contributed by atoms with E-state index in [2.05, 4.69) is 19.9 Å². The summed E-state index contributed by atoms with van der Waals surface area (Å²) in [7, 11) is 0. The Balaban J connectivity index is 2.01. The predicted molar refractivity (Wildman–Crippen MR) is 112 cm³/mol. The second-order valence-electron chi connectivity index (χ2n) is 6.60. The third-order valence-electron chi connectivity index (χ3n) is 4.16. The molecule has 0 aliphatic heterocycles. The Morgan fingerprint density at radius 1 is 1.11 bits per heavy atom. The highest BCUT2D eigenvalue weighted by Crippen LogP contribution is 2.37. The summed E-state index contributed by atoms with van der Waals surface area (Å²) in [5, 5.41) is 16.1. The van der Waals surface area contributed by atoms with Gasteiger partial charge in [-0.15, -0.1) is 0 Å². The zero-order valence-corrected chi connectivity index (χ0v) is 17.7. The van der Waals surface area contributed by atoms with E-state index in [1.165, 1.54) is 5.56 Å². The molecule has 0 unspecified atom stereocenters. The Kier molecular flexibility index (Phi) is 6.16. The average molecular weight is 416 g/mol. The van der Waals surface area contributed by atoms with E-state index in [1.807, 2.05) is 48.0 Å². The molecule has 3 aromatic rings. The van der Waals surface area contributed by atoms with Gasteiger partial charge in [0.15, 0.2) is 0 Å². The van der Waals surface area contributed by atoms with Crippen LogP contribution < -0.4 is 0 Å². The van der Waals surface area contributed by atoms with Crippen LogP contribution in [0.3, 0.4) is 0 Å². The lowest BCUT2D eigenvalue weighted by Crippen LogP contribution is -2.05. The first kappa shape index (κ1) is 19.8. The van der Waals surface area contributed by atoms with Gasteiger partial charge < -0.3 is 0 Å². The standard InChI is InChI=1S/C21H19Cl2N3S/c1-13(2)26-21(27-19-10-17(22)9-18(23)11-19)20(14(3)25-26)8-15-4-6-16(12-24)7-5-15/h4-7,9-11,13H,8H2,1-3H3. The van der Waals surface area contributed by atoms with Crippen LogP contribution in [-0.4, -0.2) is 9.78 Å². The van der Waals surface area contributed by atoms with Crippen LogP contribution in [0.5, 0.6) is 0 Å². The van der Waals surface area contributed by atoms with Crippen LogP contribution in [0.15, 0.2) is 52.4 Å². The molecule has 27 heavy (non-hydrogen) atoms. The summed E-state index contributed by atoms with van der Waals surface area (Å²) in [6.07, 6.45) is 0.751. The van der Waals surface area contributed by atoms with Crippen LogP contribution in [0, 0.1) is 18.3 Å². The molecule has 0 saturated heterocycles. The number of hydrogen-bond donors (Lipinski definition) is 0. The van der Waals surface area contributed by atoms with Crippen LogP contribution >= 0.6 is 35.0 Å². The van der Waals surface area contributed by atoms with E-state index in [-0.39, 0.29) is 6.04 Å². The second kappa shape index (κ2) is 8.39. The number of halogens is 2. The van der Waals surface area contributed by atoms with E-state index in [4.69, 9.17) is 33.6 Å². The lowest BCUT2D eigenvalue weighted by atomic mass is 10.0.